The molecule has 0 bridgehead atoms. The molecule has 1 aliphatic heterocycles. The minimum atomic E-state index is -0.492. The van der Waals surface area contributed by atoms with Gasteiger partial charge in [-0.3, -0.25) is 4.79 Å². The molecule has 2 rings (SSSR count). The van der Waals surface area contributed by atoms with Crippen molar-refractivity contribution in [3.05, 3.63) is 26.7 Å². The lowest BCUT2D eigenvalue weighted by Gasteiger charge is -2.06. The van der Waals surface area contributed by atoms with Crippen LogP contribution in [0.15, 0.2) is 6.07 Å². The SMILES string of the molecule is CCC1Oc2c(Cl)cc(Cl)c(Cl)c2C1=O. The average molecular weight is 266 g/mol. The maximum atomic E-state index is 11.8. The molecule has 15 heavy (non-hydrogen) atoms. The smallest absolute Gasteiger partial charge is 0.208 e. The lowest BCUT2D eigenvalue weighted by Crippen LogP contribution is -2.18. The third kappa shape index (κ3) is 1.61. The predicted octanol–water partition coefficient (Wildman–Crippen LogP) is 4.00. The van der Waals surface area contributed by atoms with Gasteiger partial charge in [0.1, 0.15) is 0 Å². The maximum Gasteiger partial charge on any atom is 0.208 e. The first-order valence-corrected chi connectivity index (χ1v) is 5.58. The van der Waals surface area contributed by atoms with Crippen LogP contribution in [-0.2, 0) is 0 Å². The summed E-state index contributed by atoms with van der Waals surface area (Å²) in [7, 11) is 0. The van der Waals surface area contributed by atoms with Crippen LogP contribution in [0.25, 0.3) is 0 Å². The van der Waals surface area contributed by atoms with E-state index in [1.807, 2.05) is 6.92 Å². The molecule has 2 nitrogen and oxygen atoms in total. The van der Waals surface area contributed by atoms with Crippen LogP contribution in [-0.4, -0.2) is 11.9 Å². The molecule has 1 aromatic carbocycles. The second-order valence-electron chi connectivity index (χ2n) is 3.24. The van der Waals surface area contributed by atoms with E-state index in [0.717, 1.165) is 0 Å². The van der Waals surface area contributed by atoms with Crippen LogP contribution in [0, 0.1) is 0 Å². The Morgan fingerprint density at radius 2 is 2.00 bits per heavy atom. The van der Waals surface area contributed by atoms with E-state index in [1.54, 1.807) is 0 Å². The zero-order valence-corrected chi connectivity index (χ0v) is 10.1. The van der Waals surface area contributed by atoms with Gasteiger partial charge in [0.2, 0.25) is 5.78 Å². The Morgan fingerprint density at radius 1 is 1.33 bits per heavy atom. The monoisotopic (exact) mass is 264 g/mol. The Labute approximate surface area is 102 Å². The van der Waals surface area contributed by atoms with E-state index in [4.69, 9.17) is 39.5 Å². The molecular weight excluding hydrogens is 258 g/mol. The summed E-state index contributed by atoms with van der Waals surface area (Å²) < 4.78 is 5.41. The van der Waals surface area contributed by atoms with E-state index in [9.17, 15) is 4.79 Å². The molecule has 1 unspecified atom stereocenters. The molecule has 1 aliphatic rings. The molecule has 0 radical (unpaired) electrons. The van der Waals surface area contributed by atoms with Crippen molar-refractivity contribution >= 4 is 40.6 Å². The molecule has 0 amide bonds. The minimum Gasteiger partial charge on any atom is -0.480 e. The first-order chi connectivity index (χ1) is 7.06. The van der Waals surface area contributed by atoms with Crippen molar-refractivity contribution < 1.29 is 9.53 Å². The number of hydrogen-bond acceptors (Lipinski definition) is 2. The molecule has 1 atom stereocenters. The van der Waals surface area contributed by atoms with Gasteiger partial charge in [0.25, 0.3) is 0 Å². The fraction of sp³-hybridized carbons (Fsp3) is 0.300. The lowest BCUT2D eigenvalue weighted by molar-refractivity contribution is 0.0853. The molecule has 0 N–H and O–H groups in total. The van der Waals surface area contributed by atoms with Crippen molar-refractivity contribution in [1.82, 2.24) is 0 Å². The van der Waals surface area contributed by atoms with Gasteiger partial charge in [0.05, 0.1) is 20.6 Å². The Balaban J connectivity index is 2.64. The highest BCUT2D eigenvalue weighted by Gasteiger charge is 2.35. The molecule has 80 valence electrons. The number of fused-ring (bicyclic) bond motifs is 1. The van der Waals surface area contributed by atoms with Gasteiger partial charge >= 0.3 is 0 Å². The quantitative estimate of drug-likeness (QED) is 0.717. The van der Waals surface area contributed by atoms with Crippen LogP contribution in [0.5, 0.6) is 5.75 Å². The summed E-state index contributed by atoms with van der Waals surface area (Å²) in [6.07, 6.45) is 0.0890. The summed E-state index contributed by atoms with van der Waals surface area (Å²) in [5.41, 5.74) is 0.306. The second-order valence-corrected chi connectivity index (χ2v) is 4.43. The van der Waals surface area contributed by atoms with Gasteiger partial charge in [0.15, 0.2) is 11.9 Å². The van der Waals surface area contributed by atoms with Crippen molar-refractivity contribution in [2.24, 2.45) is 0 Å². The number of rotatable bonds is 1. The molecule has 0 aliphatic carbocycles. The molecule has 0 aromatic heterocycles. The van der Waals surface area contributed by atoms with Crippen LogP contribution in [0.4, 0.5) is 0 Å². The number of halogens is 3. The van der Waals surface area contributed by atoms with Crippen LogP contribution in [0.1, 0.15) is 23.7 Å². The maximum absolute atomic E-state index is 11.8. The zero-order chi connectivity index (χ0) is 11.2. The number of benzene rings is 1. The van der Waals surface area contributed by atoms with Gasteiger partial charge < -0.3 is 4.74 Å². The minimum absolute atomic E-state index is 0.151. The van der Waals surface area contributed by atoms with E-state index >= 15 is 0 Å². The highest BCUT2D eigenvalue weighted by atomic mass is 35.5. The Hall–Kier alpha value is -0.440. The van der Waals surface area contributed by atoms with Crippen LogP contribution in [0.3, 0.4) is 0 Å². The number of Topliss-reactive ketones (excluding diaryl/α,β-unsaturated/α-hetero) is 1. The van der Waals surface area contributed by atoms with E-state index in [1.165, 1.54) is 6.07 Å². The van der Waals surface area contributed by atoms with Gasteiger partial charge in [-0.05, 0) is 12.5 Å². The summed E-state index contributed by atoms with van der Waals surface area (Å²) in [4.78, 5) is 11.8. The zero-order valence-electron chi connectivity index (χ0n) is 7.81. The van der Waals surface area contributed by atoms with Gasteiger partial charge in [-0.2, -0.15) is 0 Å². The third-order valence-electron chi connectivity index (χ3n) is 2.30. The number of carbonyl (C=O) groups is 1. The van der Waals surface area contributed by atoms with Crippen molar-refractivity contribution in [3.8, 4) is 5.75 Å². The van der Waals surface area contributed by atoms with Gasteiger partial charge in [-0.25, -0.2) is 0 Å². The fourth-order valence-corrected chi connectivity index (χ4v) is 2.28. The highest BCUT2D eigenvalue weighted by Crippen LogP contribution is 2.44. The van der Waals surface area contributed by atoms with Crippen molar-refractivity contribution in [2.75, 3.05) is 0 Å². The number of ketones is 1. The number of ether oxygens (including phenoxy) is 1. The summed E-state index contributed by atoms with van der Waals surface area (Å²) in [5, 5.41) is 0.815. The summed E-state index contributed by atoms with van der Waals surface area (Å²) in [5.74, 6) is 0.199. The Morgan fingerprint density at radius 3 is 2.60 bits per heavy atom. The summed E-state index contributed by atoms with van der Waals surface area (Å²) in [6.45, 7) is 1.86. The molecule has 0 saturated carbocycles. The molecule has 0 spiro atoms. The van der Waals surface area contributed by atoms with E-state index in [0.29, 0.717) is 22.8 Å². The Kier molecular flexibility index (Phi) is 2.84. The van der Waals surface area contributed by atoms with Gasteiger partial charge in [0, 0.05) is 0 Å². The number of hydrogen-bond donors (Lipinski definition) is 0. The second kappa shape index (κ2) is 3.85. The largest absolute Gasteiger partial charge is 0.480 e. The first kappa shape index (κ1) is 11.1. The summed E-state index contributed by atoms with van der Waals surface area (Å²) in [6, 6.07) is 1.48. The van der Waals surface area contributed by atoms with E-state index in [2.05, 4.69) is 0 Å². The van der Waals surface area contributed by atoms with Crippen molar-refractivity contribution in [2.45, 2.75) is 19.4 Å². The van der Waals surface area contributed by atoms with Crippen molar-refractivity contribution in [3.63, 3.8) is 0 Å². The fourth-order valence-electron chi connectivity index (χ4n) is 1.54. The lowest BCUT2D eigenvalue weighted by atomic mass is 10.1. The predicted molar refractivity (Wildman–Crippen MR) is 60.5 cm³/mol. The topological polar surface area (TPSA) is 26.3 Å². The van der Waals surface area contributed by atoms with Crippen molar-refractivity contribution in [1.29, 1.82) is 0 Å². The molecular formula is C10H7Cl3O2. The molecule has 0 saturated heterocycles. The first-order valence-electron chi connectivity index (χ1n) is 4.44. The van der Waals surface area contributed by atoms with Crippen LogP contribution >= 0.6 is 34.8 Å². The molecule has 1 aromatic rings. The number of carbonyl (C=O) groups excluding carboxylic acids is 1. The van der Waals surface area contributed by atoms with Crippen LogP contribution < -0.4 is 4.74 Å². The average Bonchev–Trinajstić information content (AvgIpc) is 2.53. The molecule has 0 fully saturated rings. The normalized spacial score (nSPS) is 18.9. The Bertz CT molecular complexity index is 443. The van der Waals surface area contributed by atoms with Gasteiger partial charge in [-0.15, -0.1) is 0 Å². The third-order valence-corrected chi connectivity index (χ3v) is 3.36. The van der Waals surface area contributed by atoms with E-state index < -0.39 is 6.10 Å². The van der Waals surface area contributed by atoms with Crippen LogP contribution in [0.2, 0.25) is 15.1 Å². The summed E-state index contributed by atoms with van der Waals surface area (Å²) >= 11 is 17.7. The standard InChI is InChI=1S/C10H7Cl3O2/c1-2-6-9(14)7-8(13)4(11)3-5(12)10(7)15-6/h3,6H,2H2,1H3. The molecule has 5 heteroatoms. The highest BCUT2D eigenvalue weighted by molar-refractivity contribution is 6.46. The van der Waals surface area contributed by atoms with E-state index in [-0.39, 0.29) is 15.8 Å². The van der Waals surface area contributed by atoms with Gasteiger partial charge in [-0.1, -0.05) is 41.7 Å². The molecule has 1 heterocycles.